The lowest BCUT2D eigenvalue weighted by Crippen LogP contribution is -2.47. The third-order valence-corrected chi connectivity index (χ3v) is 4.97. The number of anilines is 1. The molecule has 2 aromatic rings. The number of aromatic nitrogens is 2. The van der Waals surface area contributed by atoms with Gasteiger partial charge in [0.05, 0.1) is 5.56 Å². The zero-order valence-electron chi connectivity index (χ0n) is 14.6. The molecule has 1 aromatic carbocycles. The molecule has 0 radical (unpaired) electrons. The molecule has 1 aliphatic rings. The SMILES string of the molecule is CN1CCN(C(=O)c2cnc(NCCc3ccc(Cl)cc3Cl)nc2)CC1. The van der Waals surface area contributed by atoms with Crippen LogP contribution in [-0.2, 0) is 6.42 Å². The number of hydrogen-bond acceptors (Lipinski definition) is 5. The molecule has 0 aliphatic carbocycles. The quantitative estimate of drug-likeness (QED) is 0.845. The van der Waals surface area contributed by atoms with E-state index in [-0.39, 0.29) is 5.91 Å². The molecule has 1 N–H and O–H groups in total. The van der Waals surface area contributed by atoms with Gasteiger partial charge in [-0.15, -0.1) is 0 Å². The van der Waals surface area contributed by atoms with E-state index in [1.807, 2.05) is 17.0 Å². The van der Waals surface area contributed by atoms with Crippen molar-refractivity contribution in [3.8, 4) is 0 Å². The second kappa shape index (κ2) is 8.66. The van der Waals surface area contributed by atoms with E-state index in [0.717, 1.165) is 38.2 Å². The number of nitrogens with one attached hydrogen (secondary N) is 1. The molecule has 0 unspecified atom stereocenters. The Morgan fingerprint density at radius 1 is 1.15 bits per heavy atom. The smallest absolute Gasteiger partial charge is 0.257 e. The summed E-state index contributed by atoms with van der Waals surface area (Å²) in [6, 6.07) is 5.46. The Balaban J connectivity index is 1.52. The molecule has 0 bridgehead atoms. The van der Waals surface area contributed by atoms with Crippen molar-refractivity contribution in [1.82, 2.24) is 19.8 Å². The van der Waals surface area contributed by atoms with Gasteiger partial charge >= 0.3 is 0 Å². The largest absolute Gasteiger partial charge is 0.354 e. The van der Waals surface area contributed by atoms with E-state index in [0.29, 0.717) is 28.1 Å². The Morgan fingerprint density at radius 3 is 2.50 bits per heavy atom. The summed E-state index contributed by atoms with van der Waals surface area (Å²) >= 11 is 12.1. The monoisotopic (exact) mass is 393 g/mol. The minimum atomic E-state index is -0.0161. The fourth-order valence-electron chi connectivity index (χ4n) is 2.76. The number of amides is 1. The van der Waals surface area contributed by atoms with Gasteiger partial charge in [-0.1, -0.05) is 29.3 Å². The zero-order chi connectivity index (χ0) is 18.5. The fourth-order valence-corrected chi connectivity index (χ4v) is 3.26. The van der Waals surface area contributed by atoms with Crippen molar-refractivity contribution in [2.24, 2.45) is 0 Å². The first-order valence-electron chi connectivity index (χ1n) is 8.50. The van der Waals surface area contributed by atoms with E-state index in [1.165, 1.54) is 0 Å². The molecule has 0 spiro atoms. The van der Waals surface area contributed by atoms with Crippen LogP contribution in [0, 0.1) is 0 Å². The highest BCUT2D eigenvalue weighted by atomic mass is 35.5. The lowest BCUT2D eigenvalue weighted by atomic mass is 10.1. The second-order valence-corrected chi connectivity index (χ2v) is 7.15. The van der Waals surface area contributed by atoms with E-state index in [2.05, 4.69) is 27.2 Å². The van der Waals surface area contributed by atoms with Crippen LogP contribution in [0.25, 0.3) is 0 Å². The number of rotatable bonds is 5. The van der Waals surface area contributed by atoms with Gasteiger partial charge < -0.3 is 15.1 Å². The Labute approximate surface area is 163 Å². The highest BCUT2D eigenvalue weighted by Gasteiger charge is 2.20. The number of carbonyl (C=O) groups is 1. The summed E-state index contributed by atoms with van der Waals surface area (Å²) in [6.07, 6.45) is 3.87. The van der Waals surface area contributed by atoms with Crippen LogP contribution in [0.1, 0.15) is 15.9 Å². The van der Waals surface area contributed by atoms with Crippen molar-refractivity contribution in [2.75, 3.05) is 45.1 Å². The van der Waals surface area contributed by atoms with E-state index in [4.69, 9.17) is 23.2 Å². The van der Waals surface area contributed by atoms with Crippen molar-refractivity contribution in [1.29, 1.82) is 0 Å². The molecule has 8 heteroatoms. The maximum Gasteiger partial charge on any atom is 0.257 e. The van der Waals surface area contributed by atoms with E-state index in [1.54, 1.807) is 18.5 Å². The van der Waals surface area contributed by atoms with Gasteiger partial charge in [0.1, 0.15) is 0 Å². The van der Waals surface area contributed by atoms with Crippen LogP contribution in [-0.4, -0.2) is 65.4 Å². The molecular formula is C18H21Cl2N5O. The van der Waals surface area contributed by atoms with Crippen molar-refractivity contribution >= 4 is 35.1 Å². The fraction of sp³-hybridized carbons (Fsp3) is 0.389. The van der Waals surface area contributed by atoms with Crippen molar-refractivity contribution in [3.63, 3.8) is 0 Å². The molecule has 1 amide bonds. The molecule has 2 heterocycles. The first-order valence-corrected chi connectivity index (χ1v) is 9.26. The van der Waals surface area contributed by atoms with Crippen LogP contribution in [0.4, 0.5) is 5.95 Å². The summed E-state index contributed by atoms with van der Waals surface area (Å²) < 4.78 is 0. The van der Waals surface area contributed by atoms with Crippen LogP contribution < -0.4 is 5.32 Å². The normalized spacial score (nSPS) is 15.1. The summed E-state index contributed by atoms with van der Waals surface area (Å²) in [6.45, 7) is 3.88. The molecule has 26 heavy (non-hydrogen) atoms. The number of halogens is 2. The molecular weight excluding hydrogens is 373 g/mol. The van der Waals surface area contributed by atoms with Crippen LogP contribution in [0.3, 0.4) is 0 Å². The zero-order valence-corrected chi connectivity index (χ0v) is 16.1. The van der Waals surface area contributed by atoms with Gasteiger partial charge in [0.15, 0.2) is 0 Å². The topological polar surface area (TPSA) is 61.4 Å². The molecule has 3 rings (SSSR count). The predicted molar refractivity (Wildman–Crippen MR) is 104 cm³/mol. The highest BCUT2D eigenvalue weighted by molar-refractivity contribution is 6.35. The first kappa shape index (κ1) is 18.9. The summed E-state index contributed by atoms with van der Waals surface area (Å²) in [5.74, 6) is 0.475. The van der Waals surface area contributed by atoms with Gasteiger partial charge in [-0.3, -0.25) is 4.79 Å². The summed E-state index contributed by atoms with van der Waals surface area (Å²) in [5.41, 5.74) is 1.52. The average molecular weight is 394 g/mol. The maximum absolute atomic E-state index is 12.5. The second-order valence-electron chi connectivity index (χ2n) is 6.30. The third-order valence-electron chi connectivity index (χ3n) is 4.38. The number of nitrogens with zero attached hydrogens (tertiary/aromatic N) is 4. The van der Waals surface area contributed by atoms with Crippen molar-refractivity contribution < 1.29 is 4.79 Å². The van der Waals surface area contributed by atoms with E-state index < -0.39 is 0 Å². The minimum Gasteiger partial charge on any atom is -0.354 e. The minimum absolute atomic E-state index is 0.0161. The number of carbonyl (C=O) groups excluding carboxylic acids is 1. The summed E-state index contributed by atoms with van der Waals surface area (Å²) in [5, 5.41) is 4.41. The maximum atomic E-state index is 12.5. The summed E-state index contributed by atoms with van der Waals surface area (Å²) in [4.78, 5) is 25.0. The third kappa shape index (κ3) is 4.84. The highest BCUT2D eigenvalue weighted by Crippen LogP contribution is 2.21. The Hall–Kier alpha value is -1.89. The molecule has 1 fully saturated rings. The molecule has 1 aliphatic heterocycles. The van der Waals surface area contributed by atoms with Gasteiger partial charge in [0.2, 0.25) is 5.95 Å². The van der Waals surface area contributed by atoms with E-state index in [9.17, 15) is 4.79 Å². The Kier molecular flexibility index (Phi) is 6.29. The van der Waals surface area contributed by atoms with Crippen LogP contribution in [0.15, 0.2) is 30.6 Å². The number of hydrogen-bond donors (Lipinski definition) is 1. The van der Waals surface area contributed by atoms with Gasteiger partial charge in [-0.25, -0.2) is 9.97 Å². The first-order chi connectivity index (χ1) is 12.5. The molecule has 1 saturated heterocycles. The lowest BCUT2D eigenvalue weighted by molar-refractivity contribution is 0.0663. The Morgan fingerprint density at radius 2 is 1.85 bits per heavy atom. The molecule has 138 valence electrons. The van der Waals surface area contributed by atoms with Crippen LogP contribution in [0.5, 0.6) is 0 Å². The van der Waals surface area contributed by atoms with Crippen molar-refractivity contribution in [2.45, 2.75) is 6.42 Å². The standard InChI is InChI=1S/C18H21Cl2N5O/c1-24-6-8-25(9-7-24)17(26)14-11-22-18(23-12-14)21-5-4-13-2-3-15(19)10-16(13)20/h2-3,10-12H,4-9H2,1H3,(H,21,22,23). The molecule has 0 saturated carbocycles. The number of benzene rings is 1. The van der Waals surface area contributed by atoms with Gasteiger partial charge in [-0.05, 0) is 31.2 Å². The van der Waals surface area contributed by atoms with Crippen LogP contribution >= 0.6 is 23.2 Å². The molecule has 1 aromatic heterocycles. The predicted octanol–water partition coefficient (Wildman–Crippen LogP) is 2.83. The van der Waals surface area contributed by atoms with Gasteiger partial charge in [0.25, 0.3) is 5.91 Å². The lowest BCUT2D eigenvalue weighted by Gasteiger charge is -2.32. The van der Waals surface area contributed by atoms with E-state index >= 15 is 0 Å². The number of likely N-dealkylation sites (N-methyl/N-ethyl adjacent to an activating group) is 1. The average Bonchev–Trinajstić information content (AvgIpc) is 2.64. The van der Waals surface area contributed by atoms with Crippen molar-refractivity contribution in [3.05, 3.63) is 51.8 Å². The summed E-state index contributed by atoms with van der Waals surface area (Å²) in [7, 11) is 2.06. The molecule has 6 nitrogen and oxygen atoms in total. The molecule has 0 atom stereocenters. The Bertz CT molecular complexity index is 761. The van der Waals surface area contributed by atoms with Gasteiger partial charge in [0, 0.05) is 55.2 Å². The van der Waals surface area contributed by atoms with Gasteiger partial charge in [-0.2, -0.15) is 0 Å². The van der Waals surface area contributed by atoms with Crippen LogP contribution in [0.2, 0.25) is 10.0 Å². The number of piperazine rings is 1.